The fraction of sp³-hybridized carbons (Fsp3) is 0.308. The molecule has 2 rings (SSSR count). The third-order valence-electron chi connectivity index (χ3n) is 3.06. The number of hydrogen-bond acceptors (Lipinski definition) is 3. The van der Waals surface area contributed by atoms with Gasteiger partial charge in [-0.25, -0.2) is 0 Å². The summed E-state index contributed by atoms with van der Waals surface area (Å²) in [5, 5.41) is 10.8. The number of rotatable bonds is 2. The number of amides is 1. The fourth-order valence-electron chi connectivity index (χ4n) is 2.05. The van der Waals surface area contributed by atoms with Crippen molar-refractivity contribution < 1.29 is 9.72 Å². The average Bonchev–Trinajstić information content (AvgIpc) is 2.71. The summed E-state index contributed by atoms with van der Waals surface area (Å²) in [5.74, 6) is 2.36. The lowest BCUT2D eigenvalue weighted by Crippen LogP contribution is -2.25. The van der Waals surface area contributed by atoms with E-state index in [-0.39, 0.29) is 17.5 Å². The Morgan fingerprint density at radius 2 is 2.28 bits per heavy atom. The van der Waals surface area contributed by atoms with E-state index in [4.69, 9.17) is 6.42 Å². The normalized spacial score (nSPS) is 18.8. The van der Waals surface area contributed by atoms with Crippen LogP contribution in [0.25, 0.3) is 0 Å². The van der Waals surface area contributed by atoms with Crippen molar-refractivity contribution in [2.24, 2.45) is 5.92 Å². The molecule has 1 saturated heterocycles. The predicted octanol–water partition coefficient (Wildman–Crippen LogP) is 1.89. The molecule has 0 N–H and O–H groups in total. The van der Waals surface area contributed by atoms with Gasteiger partial charge in [0.2, 0.25) is 5.91 Å². The molecule has 1 fully saturated rings. The highest BCUT2D eigenvalue weighted by Crippen LogP contribution is 2.30. The van der Waals surface area contributed by atoms with Gasteiger partial charge in [-0.3, -0.25) is 14.9 Å². The van der Waals surface area contributed by atoms with Crippen molar-refractivity contribution in [1.29, 1.82) is 0 Å². The number of nitro benzene ring substituents is 1. The molecule has 1 unspecified atom stereocenters. The summed E-state index contributed by atoms with van der Waals surface area (Å²) in [7, 11) is 0. The highest BCUT2D eigenvalue weighted by Gasteiger charge is 2.30. The number of benzene rings is 1. The van der Waals surface area contributed by atoms with Crippen LogP contribution < -0.4 is 4.90 Å². The van der Waals surface area contributed by atoms with Crippen molar-refractivity contribution in [3.05, 3.63) is 33.9 Å². The SMILES string of the molecule is C#CC1CC(=O)N(c2cc([N+](=O)[O-])ccc2C)C1. The van der Waals surface area contributed by atoms with Gasteiger partial charge in [0.05, 0.1) is 10.6 Å². The highest BCUT2D eigenvalue weighted by atomic mass is 16.6. The predicted molar refractivity (Wildman–Crippen MR) is 67.1 cm³/mol. The Hall–Kier alpha value is -2.35. The van der Waals surface area contributed by atoms with Gasteiger partial charge in [-0.2, -0.15) is 0 Å². The quantitative estimate of drug-likeness (QED) is 0.453. The number of terminal acetylenes is 1. The first kappa shape index (κ1) is 12.1. The summed E-state index contributed by atoms with van der Waals surface area (Å²) >= 11 is 0. The van der Waals surface area contributed by atoms with Crippen LogP contribution in [-0.2, 0) is 4.79 Å². The van der Waals surface area contributed by atoms with E-state index in [9.17, 15) is 14.9 Å². The van der Waals surface area contributed by atoms with E-state index >= 15 is 0 Å². The number of nitrogens with zero attached hydrogens (tertiary/aromatic N) is 2. The lowest BCUT2D eigenvalue weighted by Gasteiger charge is -2.18. The largest absolute Gasteiger partial charge is 0.311 e. The maximum Gasteiger partial charge on any atom is 0.271 e. The Kier molecular flexibility index (Phi) is 3.02. The van der Waals surface area contributed by atoms with Crippen molar-refractivity contribution in [1.82, 2.24) is 0 Å². The van der Waals surface area contributed by atoms with Gasteiger partial charge in [0.25, 0.3) is 5.69 Å². The minimum Gasteiger partial charge on any atom is -0.311 e. The molecule has 0 saturated carbocycles. The number of aryl methyl sites for hydroxylation is 1. The first-order valence-corrected chi connectivity index (χ1v) is 5.54. The Balaban J connectivity index is 2.39. The zero-order valence-corrected chi connectivity index (χ0v) is 9.92. The lowest BCUT2D eigenvalue weighted by atomic mass is 10.1. The van der Waals surface area contributed by atoms with Gasteiger partial charge >= 0.3 is 0 Å². The molecule has 0 aromatic heterocycles. The molecule has 5 nitrogen and oxygen atoms in total. The Morgan fingerprint density at radius 3 is 2.83 bits per heavy atom. The summed E-state index contributed by atoms with van der Waals surface area (Å²) in [4.78, 5) is 23.7. The first-order valence-electron chi connectivity index (χ1n) is 5.54. The van der Waals surface area contributed by atoms with E-state index in [1.54, 1.807) is 6.07 Å². The molecule has 1 aromatic rings. The van der Waals surface area contributed by atoms with E-state index in [2.05, 4.69) is 5.92 Å². The molecule has 1 aliphatic heterocycles. The first-order chi connectivity index (χ1) is 8.52. The van der Waals surface area contributed by atoms with Crippen LogP contribution in [0.1, 0.15) is 12.0 Å². The Labute approximate surface area is 105 Å². The maximum atomic E-state index is 11.8. The molecule has 5 heteroatoms. The zero-order chi connectivity index (χ0) is 13.3. The second-order valence-corrected chi connectivity index (χ2v) is 4.30. The average molecular weight is 244 g/mol. The van der Waals surface area contributed by atoms with Gasteiger partial charge < -0.3 is 4.90 Å². The van der Waals surface area contributed by atoms with Crippen molar-refractivity contribution >= 4 is 17.3 Å². The van der Waals surface area contributed by atoms with Gasteiger partial charge in [0.15, 0.2) is 0 Å². The summed E-state index contributed by atoms with van der Waals surface area (Å²) in [6, 6.07) is 4.49. The maximum absolute atomic E-state index is 11.8. The van der Waals surface area contributed by atoms with Crippen LogP contribution in [0.5, 0.6) is 0 Å². The molecule has 1 aromatic carbocycles. The van der Waals surface area contributed by atoms with Gasteiger partial charge in [0, 0.05) is 31.0 Å². The molecular formula is C13H12N2O3. The van der Waals surface area contributed by atoms with Crippen LogP contribution in [0.3, 0.4) is 0 Å². The standard InChI is InChI=1S/C13H12N2O3/c1-3-10-6-13(16)14(8-10)12-7-11(15(17)18)5-4-9(12)2/h1,4-5,7,10H,6,8H2,2H3. The van der Waals surface area contributed by atoms with Crippen LogP contribution in [-0.4, -0.2) is 17.4 Å². The number of hydrogen-bond donors (Lipinski definition) is 0. The minimum atomic E-state index is -0.470. The number of anilines is 1. The van der Waals surface area contributed by atoms with Crippen molar-refractivity contribution in [3.8, 4) is 12.3 Å². The molecule has 1 atom stereocenters. The van der Waals surface area contributed by atoms with E-state index in [0.717, 1.165) is 5.56 Å². The molecule has 1 aliphatic rings. The Bertz CT molecular complexity index is 560. The van der Waals surface area contributed by atoms with Crippen LogP contribution in [0, 0.1) is 35.3 Å². The van der Waals surface area contributed by atoms with E-state index in [1.807, 2.05) is 6.92 Å². The zero-order valence-electron chi connectivity index (χ0n) is 9.92. The van der Waals surface area contributed by atoms with E-state index in [1.165, 1.54) is 17.0 Å². The summed E-state index contributed by atoms with van der Waals surface area (Å²) in [5.41, 5.74) is 1.38. The third kappa shape index (κ3) is 2.05. The molecule has 0 bridgehead atoms. The molecule has 0 aliphatic carbocycles. The molecular weight excluding hydrogens is 232 g/mol. The Morgan fingerprint density at radius 1 is 1.56 bits per heavy atom. The molecule has 0 spiro atoms. The van der Waals surface area contributed by atoms with E-state index < -0.39 is 4.92 Å². The van der Waals surface area contributed by atoms with Gasteiger partial charge in [-0.1, -0.05) is 6.07 Å². The van der Waals surface area contributed by atoms with Crippen molar-refractivity contribution in [2.75, 3.05) is 11.4 Å². The van der Waals surface area contributed by atoms with Gasteiger partial charge in [-0.15, -0.1) is 12.3 Å². The monoisotopic (exact) mass is 244 g/mol. The summed E-state index contributed by atoms with van der Waals surface area (Å²) < 4.78 is 0. The minimum absolute atomic E-state index is 0.0208. The van der Waals surface area contributed by atoms with Crippen LogP contribution in [0.15, 0.2) is 18.2 Å². The van der Waals surface area contributed by atoms with Gasteiger partial charge in [0.1, 0.15) is 0 Å². The van der Waals surface area contributed by atoms with Crippen molar-refractivity contribution in [2.45, 2.75) is 13.3 Å². The fourth-order valence-corrected chi connectivity index (χ4v) is 2.05. The molecule has 18 heavy (non-hydrogen) atoms. The molecule has 1 heterocycles. The topological polar surface area (TPSA) is 63.5 Å². The molecule has 0 radical (unpaired) electrons. The van der Waals surface area contributed by atoms with Crippen molar-refractivity contribution in [3.63, 3.8) is 0 Å². The number of carbonyl (C=O) groups excluding carboxylic acids is 1. The molecule has 1 amide bonds. The third-order valence-corrected chi connectivity index (χ3v) is 3.06. The highest BCUT2D eigenvalue weighted by molar-refractivity contribution is 5.97. The number of non-ortho nitro benzene ring substituents is 1. The second-order valence-electron chi connectivity index (χ2n) is 4.30. The van der Waals surface area contributed by atoms with Gasteiger partial charge in [-0.05, 0) is 12.5 Å². The molecule has 92 valence electrons. The number of nitro groups is 1. The summed E-state index contributed by atoms with van der Waals surface area (Å²) in [6.07, 6.45) is 5.62. The lowest BCUT2D eigenvalue weighted by molar-refractivity contribution is -0.384. The smallest absolute Gasteiger partial charge is 0.271 e. The van der Waals surface area contributed by atoms with E-state index in [0.29, 0.717) is 18.7 Å². The van der Waals surface area contributed by atoms with Crippen LogP contribution >= 0.6 is 0 Å². The van der Waals surface area contributed by atoms with Crippen LogP contribution in [0.2, 0.25) is 0 Å². The second kappa shape index (κ2) is 4.49. The summed E-state index contributed by atoms with van der Waals surface area (Å²) in [6.45, 7) is 2.24. The van der Waals surface area contributed by atoms with Crippen LogP contribution in [0.4, 0.5) is 11.4 Å². The number of carbonyl (C=O) groups is 1.